The molecule has 2 heterocycles. The SMILES string of the molecule is CNNCc1sc2c(c1C)c(=O)n(C1CC(OC)C1)c(=O)n2CCOC. The molecule has 8 nitrogen and oxygen atoms in total. The Bertz CT molecular complexity index is 895. The lowest BCUT2D eigenvalue weighted by atomic mass is 9.89. The third-order valence-corrected chi connectivity index (χ3v) is 6.37. The molecule has 9 heteroatoms. The van der Waals surface area contributed by atoms with E-state index in [2.05, 4.69) is 10.9 Å². The molecule has 2 aromatic heterocycles. The molecular weight excluding hydrogens is 356 g/mol. The normalized spacial score (nSPS) is 19.8. The number of aryl methyl sites for hydroxylation is 1. The van der Waals surface area contributed by atoms with Gasteiger partial charge in [-0.1, -0.05) is 0 Å². The van der Waals surface area contributed by atoms with Crippen molar-refractivity contribution in [2.45, 2.75) is 45.0 Å². The number of nitrogens with zero attached hydrogens (tertiary/aromatic N) is 2. The van der Waals surface area contributed by atoms with Crippen molar-refractivity contribution in [1.82, 2.24) is 20.0 Å². The largest absolute Gasteiger partial charge is 0.383 e. The fourth-order valence-electron chi connectivity index (χ4n) is 3.39. The summed E-state index contributed by atoms with van der Waals surface area (Å²) in [7, 11) is 5.07. The van der Waals surface area contributed by atoms with E-state index in [0.717, 1.165) is 15.3 Å². The fourth-order valence-corrected chi connectivity index (χ4v) is 4.65. The van der Waals surface area contributed by atoms with E-state index >= 15 is 0 Å². The Kier molecular flexibility index (Phi) is 5.93. The van der Waals surface area contributed by atoms with E-state index in [9.17, 15) is 9.59 Å². The van der Waals surface area contributed by atoms with Crippen LogP contribution >= 0.6 is 11.3 Å². The second-order valence-corrected chi connectivity index (χ2v) is 7.60. The van der Waals surface area contributed by atoms with Crippen LogP contribution in [0.15, 0.2) is 9.59 Å². The molecule has 26 heavy (non-hydrogen) atoms. The summed E-state index contributed by atoms with van der Waals surface area (Å²) >= 11 is 1.49. The highest BCUT2D eigenvalue weighted by atomic mass is 32.1. The van der Waals surface area contributed by atoms with Crippen molar-refractivity contribution in [2.75, 3.05) is 27.9 Å². The first-order valence-corrected chi connectivity index (χ1v) is 9.53. The molecule has 0 atom stereocenters. The van der Waals surface area contributed by atoms with Crippen molar-refractivity contribution in [3.63, 3.8) is 0 Å². The Labute approximate surface area is 155 Å². The van der Waals surface area contributed by atoms with E-state index in [1.807, 2.05) is 6.92 Å². The van der Waals surface area contributed by atoms with Gasteiger partial charge in [0.1, 0.15) is 4.83 Å². The molecule has 0 amide bonds. The maximum absolute atomic E-state index is 13.2. The molecule has 2 aromatic rings. The second-order valence-electron chi connectivity index (χ2n) is 6.52. The molecule has 0 radical (unpaired) electrons. The minimum Gasteiger partial charge on any atom is -0.383 e. The van der Waals surface area contributed by atoms with E-state index in [0.29, 0.717) is 37.9 Å². The lowest BCUT2D eigenvalue weighted by molar-refractivity contribution is 0.00357. The number of hydrogen-bond donors (Lipinski definition) is 2. The maximum atomic E-state index is 13.2. The van der Waals surface area contributed by atoms with Crippen LogP contribution in [0, 0.1) is 6.92 Å². The van der Waals surface area contributed by atoms with Crippen molar-refractivity contribution >= 4 is 21.6 Å². The summed E-state index contributed by atoms with van der Waals surface area (Å²) in [6.07, 6.45) is 1.51. The first kappa shape index (κ1) is 19.2. The number of fused-ring (bicyclic) bond motifs is 1. The zero-order valence-corrected chi connectivity index (χ0v) is 16.4. The van der Waals surface area contributed by atoms with Crippen molar-refractivity contribution in [3.05, 3.63) is 31.3 Å². The number of methoxy groups -OCH3 is 2. The molecule has 0 spiro atoms. The van der Waals surface area contributed by atoms with Gasteiger partial charge >= 0.3 is 5.69 Å². The molecule has 0 bridgehead atoms. The van der Waals surface area contributed by atoms with Gasteiger partial charge < -0.3 is 9.47 Å². The van der Waals surface area contributed by atoms with E-state index in [1.54, 1.807) is 25.8 Å². The highest BCUT2D eigenvalue weighted by Crippen LogP contribution is 2.33. The van der Waals surface area contributed by atoms with E-state index in [4.69, 9.17) is 9.47 Å². The summed E-state index contributed by atoms with van der Waals surface area (Å²) in [6.45, 7) is 3.38. The molecule has 1 aliphatic carbocycles. The summed E-state index contributed by atoms with van der Waals surface area (Å²) in [4.78, 5) is 28.0. The minimum atomic E-state index is -0.256. The van der Waals surface area contributed by atoms with Gasteiger partial charge in [0, 0.05) is 31.7 Å². The van der Waals surface area contributed by atoms with E-state index < -0.39 is 0 Å². The number of hydrazine groups is 1. The molecular formula is C17H26N4O4S. The van der Waals surface area contributed by atoms with Crippen molar-refractivity contribution in [1.29, 1.82) is 0 Å². The van der Waals surface area contributed by atoms with Gasteiger partial charge in [-0.25, -0.2) is 4.79 Å². The topological polar surface area (TPSA) is 86.5 Å². The van der Waals surface area contributed by atoms with Crippen LogP contribution in [-0.2, 0) is 22.6 Å². The molecule has 1 fully saturated rings. The maximum Gasteiger partial charge on any atom is 0.332 e. The Morgan fingerprint density at radius 1 is 1.27 bits per heavy atom. The number of rotatable bonds is 8. The average molecular weight is 382 g/mol. The van der Waals surface area contributed by atoms with Crippen molar-refractivity contribution in [2.24, 2.45) is 0 Å². The Balaban J connectivity index is 2.17. The third kappa shape index (κ3) is 3.25. The molecule has 0 aliphatic heterocycles. The first-order valence-electron chi connectivity index (χ1n) is 8.72. The van der Waals surface area contributed by atoms with Gasteiger partial charge in [0.2, 0.25) is 0 Å². The molecule has 2 N–H and O–H groups in total. The van der Waals surface area contributed by atoms with Crippen LogP contribution in [0.2, 0.25) is 0 Å². The van der Waals surface area contributed by atoms with Gasteiger partial charge in [-0.3, -0.25) is 24.8 Å². The van der Waals surface area contributed by atoms with Crippen LogP contribution in [0.5, 0.6) is 0 Å². The first-order chi connectivity index (χ1) is 12.5. The van der Waals surface area contributed by atoms with Crippen LogP contribution in [-0.4, -0.2) is 43.1 Å². The number of nitrogens with one attached hydrogen (secondary N) is 2. The van der Waals surface area contributed by atoms with Gasteiger partial charge in [0.05, 0.1) is 24.6 Å². The fraction of sp³-hybridized carbons (Fsp3) is 0.647. The van der Waals surface area contributed by atoms with Gasteiger partial charge in [-0.05, 0) is 32.4 Å². The number of ether oxygens (including phenoxy) is 2. The van der Waals surface area contributed by atoms with Gasteiger partial charge in [-0.15, -0.1) is 11.3 Å². The van der Waals surface area contributed by atoms with Gasteiger partial charge in [-0.2, -0.15) is 0 Å². The Morgan fingerprint density at radius 2 is 2.00 bits per heavy atom. The van der Waals surface area contributed by atoms with Crippen LogP contribution in [0.3, 0.4) is 0 Å². The van der Waals surface area contributed by atoms with Crippen LogP contribution in [0.25, 0.3) is 10.2 Å². The van der Waals surface area contributed by atoms with Gasteiger partial charge in [0.25, 0.3) is 5.56 Å². The average Bonchev–Trinajstić information content (AvgIpc) is 2.91. The summed E-state index contributed by atoms with van der Waals surface area (Å²) in [5.74, 6) is 0. The molecule has 3 rings (SSSR count). The summed E-state index contributed by atoms with van der Waals surface area (Å²) in [6, 6.07) is -0.101. The molecule has 1 aliphatic rings. The van der Waals surface area contributed by atoms with E-state index in [-0.39, 0.29) is 23.4 Å². The monoisotopic (exact) mass is 382 g/mol. The molecule has 0 saturated heterocycles. The zero-order valence-electron chi connectivity index (χ0n) is 15.6. The minimum absolute atomic E-state index is 0.101. The molecule has 0 aromatic carbocycles. The highest BCUT2D eigenvalue weighted by molar-refractivity contribution is 7.18. The summed E-state index contributed by atoms with van der Waals surface area (Å²) < 4.78 is 13.6. The number of aromatic nitrogens is 2. The van der Waals surface area contributed by atoms with Gasteiger partial charge in [0.15, 0.2) is 0 Å². The van der Waals surface area contributed by atoms with Crippen LogP contribution in [0.4, 0.5) is 0 Å². The predicted molar refractivity (Wildman–Crippen MR) is 102 cm³/mol. The smallest absolute Gasteiger partial charge is 0.332 e. The number of thiophene rings is 1. The highest BCUT2D eigenvalue weighted by Gasteiger charge is 2.34. The van der Waals surface area contributed by atoms with Crippen molar-refractivity contribution < 1.29 is 9.47 Å². The van der Waals surface area contributed by atoms with Crippen LogP contribution < -0.4 is 22.1 Å². The quantitative estimate of drug-likeness (QED) is 0.656. The lowest BCUT2D eigenvalue weighted by Gasteiger charge is -2.35. The molecule has 0 unspecified atom stereocenters. The second kappa shape index (κ2) is 8.01. The summed E-state index contributed by atoms with van der Waals surface area (Å²) in [5.41, 5.74) is 6.43. The predicted octanol–water partition coefficient (Wildman–Crippen LogP) is 0.753. The molecule has 1 saturated carbocycles. The summed E-state index contributed by atoms with van der Waals surface area (Å²) in [5, 5.41) is 0.638. The Hall–Kier alpha value is -1.52. The number of hydrogen-bond acceptors (Lipinski definition) is 7. The van der Waals surface area contributed by atoms with Crippen molar-refractivity contribution in [3.8, 4) is 0 Å². The standard InChI is InChI=1S/C17H26N4O4S/c1-10-13(9-19-18-2)26-16-14(10)15(22)21(11-7-12(8-11)25-4)17(23)20(16)5-6-24-3/h11-12,18-19H,5-9H2,1-4H3. The third-order valence-electron chi connectivity index (χ3n) is 5.05. The Morgan fingerprint density at radius 3 is 2.62 bits per heavy atom. The zero-order chi connectivity index (χ0) is 18.8. The molecule has 144 valence electrons. The van der Waals surface area contributed by atoms with Crippen LogP contribution in [0.1, 0.15) is 29.3 Å². The lowest BCUT2D eigenvalue weighted by Crippen LogP contribution is -2.47. The van der Waals surface area contributed by atoms with E-state index in [1.165, 1.54) is 15.9 Å².